The van der Waals surface area contributed by atoms with Gasteiger partial charge in [0.1, 0.15) is 18.1 Å². The van der Waals surface area contributed by atoms with E-state index in [2.05, 4.69) is 5.32 Å². The topological polar surface area (TPSA) is 147 Å². The van der Waals surface area contributed by atoms with Gasteiger partial charge in [0.15, 0.2) is 6.61 Å². The van der Waals surface area contributed by atoms with Crippen molar-refractivity contribution in [1.29, 1.82) is 0 Å². The minimum atomic E-state index is -3.57. The number of amides is 1. The van der Waals surface area contributed by atoms with Gasteiger partial charge in [-0.3, -0.25) is 14.9 Å². The van der Waals surface area contributed by atoms with Gasteiger partial charge in [0.05, 0.1) is 36.7 Å². The molecule has 0 bridgehead atoms. The molecule has 1 amide bonds. The van der Waals surface area contributed by atoms with Crippen LogP contribution in [-0.4, -0.2) is 76.7 Å². The fourth-order valence-electron chi connectivity index (χ4n) is 3.10. The fraction of sp³-hybridized carbons (Fsp3) is 0.381. The highest BCUT2D eigenvalue weighted by atomic mass is 32.2. The maximum Gasteiger partial charge on any atom is 0.311 e. The Morgan fingerprint density at radius 3 is 2.44 bits per heavy atom. The molecule has 0 atom stereocenters. The largest absolute Gasteiger partial charge is 0.492 e. The van der Waals surface area contributed by atoms with Crippen molar-refractivity contribution in [1.82, 2.24) is 9.62 Å². The fourth-order valence-corrected chi connectivity index (χ4v) is 4.51. The molecule has 2 aromatic carbocycles. The van der Waals surface area contributed by atoms with Gasteiger partial charge in [-0.15, -0.1) is 0 Å². The molecule has 1 N–H and O–H groups in total. The molecule has 1 heterocycles. The van der Waals surface area contributed by atoms with Crippen molar-refractivity contribution in [3.63, 3.8) is 0 Å². The number of nitrogens with one attached hydrogen (secondary N) is 1. The molecular formula is C21H25N3O9S. The van der Waals surface area contributed by atoms with E-state index in [1.165, 1.54) is 41.7 Å². The number of nitrogens with zero attached hydrogens (tertiary/aromatic N) is 2. The van der Waals surface area contributed by atoms with E-state index in [4.69, 9.17) is 18.9 Å². The normalized spacial score (nSPS) is 14.3. The Morgan fingerprint density at radius 1 is 1.12 bits per heavy atom. The van der Waals surface area contributed by atoms with Crippen LogP contribution in [0.25, 0.3) is 0 Å². The van der Waals surface area contributed by atoms with Gasteiger partial charge in [0, 0.05) is 25.2 Å². The van der Waals surface area contributed by atoms with E-state index < -0.39 is 20.9 Å². The molecule has 0 aliphatic carbocycles. The zero-order valence-corrected chi connectivity index (χ0v) is 19.3. The van der Waals surface area contributed by atoms with E-state index in [0.29, 0.717) is 32.1 Å². The maximum atomic E-state index is 12.6. The molecule has 1 fully saturated rings. The van der Waals surface area contributed by atoms with Crippen LogP contribution < -0.4 is 19.5 Å². The first-order chi connectivity index (χ1) is 16.3. The van der Waals surface area contributed by atoms with E-state index >= 15 is 0 Å². The third-order valence-corrected chi connectivity index (χ3v) is 6.76. The van der Waals surface area contributed by atoms with Crippen LogP contribution in [0.5, 0.6) is 17.2 Å². The van der Waals surface area contributed by atoms with E-state index in [9.17, 15) is 23.3 Å². The van der Waals surface area contributed by atoms with Crippen molar-refractivity contribution < 1.29 is 37.1 Å². The maximum absolute atomic E-state index is 12.6. The summed E-state index contributed by atoms with van der Waals surface area (Å²) in [4.78, 5) is 22.5. The number of morpholine rings is 1. The molecule has 1 aliphatic rings. The number of sulfonamides is 1. The molecule has 0 spiro atoms. The summed E-state index contributed by atoms with van der Waals surface area (Å²) in [5.41, 5.74) is -0.205. The van der Waals surface area contributed by atoms with Crippen molar-refractivity contribution in [2.45, 2.75) is 4.90 Å². The first-order valence-corrected chi connectivity index (χ1v) is 11.8. The summed E-state index contributed by atoms with van der Waals surface area (Å²) in [7, 11) is -2.27. The van der Waals surface area contributed by atoms with Crippen LogP contribution in [0.1, 0.15) is 0 Å². The van der Waals surface area contributed by atoms with Gasteiger partial charge >= 0.3 is 5.69 Å². The molecule has 3 rings (SSSR count). The molecule has 12 nitrogen and oxygen atoms in total. The monoisotopic (exact) mass is 495 g/mol. The molecule has 0 radical (unpaired) electrons. The number of nitro groups is 1. The van der Waals surface area contributed by atoms with Crippen molar-refractivity contribution in [3.05, 3.63) is 52.6 Å². The number of ether oxygens (including phenoxy) is 4. The highest BCUT2D eigenvalue weighted by molar-refractivity contribution is 7.89. The predicted octanol–water partition coefficient (Wildman–Crippen LogP) is 1.20. The third-order valence-electron chi connectivity index (χ3n) is 4.84. The molecule has 2 aromatic rings. The summed E-state index contributed by atoms with van der Waals surface area (Å²) in [6, 6.07) is 10.0. The van der Waals surface area contributed by atoms with Crippen molar-refractivity contribution in [2.75, 3.05) is 53.2 Å². The van der Waals surface area contributed by atoms with Crippen molar-refractivity contribution in [3.8, 4) is 17.2 Å². The smallest absolute Gasteiger partial charge is 0.311 e. The average Bonchev–Trinajstić information content (AvgIpc) is 2.86. The van der Waals surface area contributed by atoms with Gasteiger partial charge in [-0.25, -0.2) is 8.42 Å². The minimum Gasteiger partial charge on any atom is -0.492 e. The van der Waals surface area contributed by atoms with Crippen molar-refractivity contribution in [2.24, 2.45) is 0 Å². The molecule has 1 saturated heterocycles. The Hall–Kier alpha value is -3.42. The molecule has 13 heteroatoms. The van der Waals surface area contributed by atoms with E-state index in [-0.39, 0.29) is 41.8 Å². The second-order valence-corrected chi connectivity index (χ2v) is 9.00. The van der Waals surface area contributed by atoms with Crippen LogP contribution >= 0.6 is 0 Å². The number of carbonyl (C=O) groups is 1. The summed E-state index contributed by atoms with van der Waals surface area (Å²) in [6.45, 7) is 1.45. The zero-order chi connectivity index (χ0) is 24.6. The molecule has 0 unspecified atom stereocenters. The van der Waals surface area contributed by atoms with Crippen LogP contribution in [0.2, 0.25) is 0 Å². The Labute approximate surface area is 196 Å². The first kappa shape index (κ1) is 25.2. The predicted molar refractivity (Wildman–Crippen MR) is 120 cm³/mol. The molecule has 1 aliphatic heterocycles. The highest BCUT2D eigenvalue weighted by Crippen LogP contribution is 2.30. The Morgan fingerprint density at radius 2 is 1.79 bits per heavy atom. The SMILES string of the molecule is COc1cc(OCC(=O)NCCOc2ccc(S(=O)(=O)N3CCOCC3)cc2)ccc1[N+](=O)[O-]. The summed E-state index contributed by atoms with van der Waals surface area (Å²) >= 11 is 0. The van der Waals surface area contributed by atoms with E-state index in [1.807, 2.05) is 0 Å². The first-order valence-electron chi connectivity index (χ1n) is 10.3. The van der Waals surface area contributed by atoms with Crippen LogP contribution in [0, 0.1) is 10.1 Å². The third kappa shape index (κ3) is 6.56. The molecular weight excluding hydrogens is 470 g/mol. The van der Waals surface area contributed by atoms with Crippen LogP contribution in [0.4, 0.5) is 5.69 Å². The number of hydrogen-bond donors (Lipinski definition) is 1. The summed E-state index contributed by atoms with van der Waals surface area (Å²) in [5, 5.41) is 13.5. The highest BCUT2D eigenvalue weighted by Gasteiger charge is 2.26. The summed E-state index contributed by atoms with van der Waals surface area (Å²) in [5.74, 6) is 0.332. The Balaban J connectivity index is 1.40. The van der Waals surface area contributed by atoms with Crippen molar-refractivity contribution >= 4 is 21.6 Å². The molecule has 34 heavy (non-hydrogen) atoms. The standard InChI is InChI=1S/C21H25N3O9S/c1-30-20-14-17(4-7-19(20)24(26)27)33-15-21(25)22-8-11-32-16-2-5-18(6-3-16)34(28,29)23-9-12-31-13-10-23/h2-7,14H,8-13,15H2,1H3,(H,22,25). The van der Waals surface area contributed by atoms with Gasteiger partial charge in [-0.2, -0.15) is 4.31 Å². The van der Waals surface area contributed by atoms with Crippen LogP contribution in [0.3, 0.4) is 0 Å². The number of nitro benzene ring substituents is 1. The van der Waals surface area contributed by atoms with E-state index in [1.54, 1.807) is 12.1 Å². The number of rotatable bonds is 11. The van der Waals surface area contributed by atoms with Gasteiger partial charge in [-0.05, 0) is 30.3 Å². The van der Waals surface area contributed by atoms with Gasteiger partial charge in [-0.1, -0.05) is 0 Å². The number of benzene rings is 2. The number of carbonyl (C=O) groups excluding carboxylic acids is 1. The number of hydrogen-bond acceptors (Lipinski definition) is 9. The van der Waals surface area contributed by atoms with E-state index in [0.717, 1.165) is 0 Å². The van der Waals surface area contributed by atoms with Crippen LogP contribution in [0.15, 0.2) is 47.4 Å². The second kappa shape index (κ2) is 11.6. The molecule has 0 aromatic heterocycles. The lowest BCUT2D eigenvalue weighted by atomic mass is 10.3. The lowest BCUT2D eigenvalue weighted by molar-refractivity contribution is -0.385. The average molecular weight is 496 g/mol. The lowest BCUT2D eigenvalue weighted by Gasteiger charge is -2.26. The number of methoxy groups -OCH3 is 1. The lowest BCUT2D eigenvalue weighted by Crippen LogP contribution is -2.40. The summed E-state index contributed by atoms with van der Waals surface area (Å²) in [6.07, 6.45) is 0. The molecule has 0 saturated carbocycles. The Kier molecular flexibility index (Phi) is 8.62. The zero-order valence-electron chi connectivity index (χ0n) is 18.5. The van der Waals surface area contributed by atoms with Gasteiger partial charge in [0.2, 0.25) is 15.8 Å². The van der Waals surface area contributed by atoms with Crippen LogP contribution in [-0.2, 0) is 19.6 Å². The second-order valence-electron chi connectivity index (χ2n) is 7.07. The molecule has 184 valence electrons. The van der Waals surface area contributed by atoms with Gasteiger partial charge < -0.3 is 24.3 Å². The Bertz CT molecular complexity index is 1100. The quantitative estimate of drug-likeness (QED) is 0.276. The summed E-state index contributed by atoms with van der Waals surface area (Å²) < 4.78 is 47.6. The van der Waals surface area contributed by atoms with Gasteiger partial charge in [0.25, 0.3) is 5.91 Å². The minimum absolute atomic E-state index is 0.0278.